The fourth-order valence-electron chi connectivity index (χ4n) is 3.63. The first-order valence-corrected chi connectivity index (χ1v) is 9.66. The fourth-order valence-corrected chi connectivity index (χ4v) is 3.63. The van der Waals surface area contributed by atoms with Gasteiger partial charge >= 0.3 is 0 Å². The van der Waals surface area contributed by atoms with Crippen molar-refractivity contribution in [1.29, 1.82) is 0 Å². The molecule has 1 aliphatic rings. The molecule has 0 aliphatic heterocycles. The SMILES string of the molecule is COc1ccc(C(C)=O)cc1CC(=O)NCCCN(C)C1CCCCC1. The molecule has 5 heteroatoms. The predicted molar refractivity (Wildman–Crippen MR) is 104 cm³/mol. The van der Waals surface area contributed by atoms with Gasteiger partial charge in [0.25, 0.3) is 0 Å². The summed E-state index contributed by atoms with van der Waals surface area (Å²) in [5, 5.41) is 2.98. The van der Waals surface area contributed by atoms with Gasteiger partial charge < -0.3 is 15.0 Å². The Balaban J connectivity index is 1.76. The van der Waals surface area contributed by atoms with Gasteiger partial charge in [0.2, 0.25) is 5.91 Å². The van der Waals surface area contributed by atoms with Crippen LogP contribution in [0.25, 0.3) is 0 Å². The van der Waals surface area contributed by atoms with Crippen molar-refractivity contribution in [1.82, 2.24) is 10.2 Å². The minimum Gasteiger partial charge on any atom is -0.496 e. The van der Waals surface area contributed by atoms with Crippen molar-refractivity contribution in [2.45, 2.75) is 57.9 Å². The quantitative estimate of drug-likeness (QED) is 0.543. The van der Waals surface area contributed by atoms with Crippen molar-refractivity contribution >= 4 is 11.7 Å². The summed E-state index contributed by atoms with van der Waals surface area (Å²) in [6.07, 6.45) is 7.82. The van der Waals surface area contributed by atoms with Crippen LogP contribution < -0.4 is 10.1 Å². The molecule has 144 valence electrons. The number of ether oxygens (including phenoxy) is 1. The van der Waals surface area contributed by atoms with Crippen molar-refractivity contribution in [3.8, 4) is 5.75 Å². The topological polar surface area (TPSA) is 58.6 Å². The van der Waals surface area contributed by atoms with Gasteiger partial charge in [-0.25, -0.2) is 0 Å². The Labute approximate surface area is 157 Å². The molecule has 0 spiro atoms. The standard InChI is InChI=1S/C21H32N2O3/c1-16(24)17-10-11-20(26-3)18(14-17)15-21(25)22-12-7-13-23(2)19-8-5-4-6-9-19/h10-11,14,19H,4-9,12-13,15H2,1-3H3,(H,22,25). The molecule has 2 rings (SSSR count). The predicted octanol–water partition coefficient (Wildman–Crippen LogP) is 3.21. The zero-order chi connectivity index (χ0) is 18.9. The average molecular weight is 360 g/mol. The Bertz CT molecular complexity index is 609. The van der Waals surface area contributed by atoms with Crippen LogP contribution in [-0.4, -0.2) is 49.9 Å². The Morgan fingerprint density at radius 2 is 1.96 bits per heavy atom. The van der Waals surface area contributed by atoms with E-state index >= 15 is 0 Å². The highest BCUT2D eigenvalue weighted by Crippen LogP contribution is 2.22. The van der Waals surface area contributed by atoms with E-state index in [2.05, 4.69) is 17.3 Å². The molecule has 1 saturated carbocycles. The van der Waals surface area contributed by atoms with Gasteiger partial charge in [-0.05, 0) is 58.0 Å². The molecule has 0 heterocycles. The zero-order valence-corrected chi connectivity index (χ0v) is 16.3. The van der Waals surface area contributed by atoms with Crippen LogP contribution in [0.15, 0.2) is 18.2 Å². The van der Waals surface area contributed by atoms with E-state index in [4.69, 9.17) is 4.74 Å². The van der Waals surface area contributed by atoms with Crippen molar-refractivity contribution in [2.24, 2.45) is 0 Å². The second-order valence-electron chi connectivity index (χ2n) is 7.24. The fraction of sp³-hybridized carbons (Fsp3) is 0.619. The molecule has 0 radical (unpaired) electrons. The smallest absolute Gasteiger partial charge is 0.224 e. The van der Waals surface area contributed by atoms with Crippen molar-refractivity contribution in [3.63, 3.8) is 0 Å². The maximum Gasteiger partial charge on any atom is 0.224 e. The summed E-state index contributed by atoms with van der Waals surface area (Å²) < 4.78 is 5.31. The van der Waals surface area contributed by atoms with E-state index in [9.17, 15) is 9.59 Å². The number of carbonyl (C=O) groups is 2. The van der Waals surface area contributed by atoms with Gasteiger partial charge in [-0.3, -0.25) is 9.59 Å². The van der Waals surface area contributed by atoms with E-state index < -0.39 is 0 Å². The highest BCUT2D eigenvalue weighted by molar-refractivity contribution is 5.94. The Hall–Kier alpha value is -1.88. The van der Waals surface area contributed by atoms with Crippen molar-refractivity contribution in [2.75, 3.05) is 27.2 Å². The molecular weight excluding hydrogens is 328 g/mol. The molecule has 0 saturated heterocycles. The molecule has 0 bridgehead atoms. The number of carbonyl (C=O) groups excluding carboxylic acids is 2. The second-order valence-corrected chi connectivity index (χ2v) is 7.24. The van der Waals surface area contributed by atoms with Crippen molar-refractivity contribution < 1.29 is 14.3 Å². The van der Waals surface area contributed by atoms with Gasteiger partial charge in [-0.2, -0.15) is 0 Å². The summed E-state index contributed by atoms with van der Waals surface area (Å²) in [5.41, 5.74) is 1.35. The molecule has 1 aromatic carbocycles. The molecule has 5 nitrogen and oxygen atoms in total. The van der Waals surface area contributed by atoms with E-state index in [1.807, 2.05) is 0 Å². The number of hydrogen-bond donors (Lipinski definition) is 1. The lowest BCUT2D eigenvalue weighted by Gasteiger charge is -2.31. The molecule has 1 aromatic rings. The van der Waals surface area contributed by atoms with Gasteiger partial charge in [-0.15, -0.1) is 0 Å². The first-order chi connectivity index (χ1) is 12.5. The van der Waals surface area contributed by atoms with Gasteiger partial charge in [0.1, 0.15) is 5.75 Å². The van der Waals surface area contributed by atoms with Crippen molar-refractivity contribution in [3.05, 3.63) is 29.3 Å². The third kappa shape index (κ3) is 6.13. The van der Waals surface area contributed by atoms with Crippen LogP contribution in [0, 0.1) is 0 Å². The largest absolute Gasteiger partial charge is 0.496 e. The number of ketones is 1. The van der Waals surface area contributed by atoms with E-state index in [1.165, 1.54) is 39.0 Å². The Kier molecular flexibility index (Phi) is 8.10. The third-order valence-corrected chi connectivity index (χ3v) is 5.25. The third-order valence-electron chi connectivity index (χ3n) is 5.25. The van der Waals surface area contributed by atoms with Gasteiger partial charge in [0.05, 0.1) is 13.5 Å². The number of hydrogen-bond acceptors (Lipinski definition) is 4. The minimum absolute atomic E-state index is 0.0138. The number of rotatable bonds is 9. The Morgan fingerprint density at radius 3 is 2.62 bits per heavy atom. The van der Waals surface area contributed by atoms with E-state index in [-0.39, 0.29) is 18.1 Å². The maximum absolute atomic E-state index is 12.2. The van der Waals surface area contributed by atoms with Gasteiger partial charge in [0, 0.05) is 23.7 Å². The van der Waals surface area contributed by atoms with E-state index in [1.54, 1.807) is 25.3 Å². The van der Waals surface area contributed by atoms with E-state index in [0.717, 1.165) is 18.5 Å². The highest BCUT2D eigenvalue weighted by atomic mass is 16.5. The van der Waals surface area contributed by atoms with E-state index in [0.29, 0.717) is 23.9 Å². The van der Waals surface area contributed by atoms with Crippen LogP contribution >= 0.6 is 0 Å². The number of nitrogens with zero attached hydrogens (tertiary/aromatic N) is 1. The molecule has 0 aromatic heterocycles. The summed E-state index contributed by atoms with van der Waals surface area (Å²) in [4.78, 5) is 26.2. The van der Waals surface area contributed by atoms with Crippen LogP contribution in [0.2, 0.25) is 0 Å². The summed E-state index contributed by atoms with van der Waals surface area (Å²) in [5.74, 6) is 0.589. The van der Waals surface area contributed by atoms with Crippen LogP contribution in [0.4, 0.5) is 0 Å². The summed E-state index contributed by atoms with van der Waals surface area (Å²) >= 11 is 0. The molecule has 0 atom stereocenters. The molecule has 0 unspecified atom stereocenters. The summed E-state index contributed by atoms with van der Waals surface area (Å²) in [7, 11) is 3.77. The number of nitrogens with one attached hydrogen (secondary N) is 1. The van der Waals surface area contributed by atoms with Gasteiger partial charge in [-0.1, -0.05) is 19.3 Å². The molecule has 1 fully saturated rings. The highest BCUT2D eigenvalue weighted by Gasteiger charge is 2.17. The minimum atomic E-state index is -0.0377. The lowest BCUT2D eigenvalue weighted by Crippen LogP contribution is -2.36. The summed E-state index contributed by atoms with van der Waals surface area (Å²) in [6.45, 7) is 3.20. The number of amides is 1. The molecule has 1 aliphatic carbocycles. The monoisotopic (exact) mass is 360 g/mol. The number of benzene rings is 1. The van der Waals surface area contributed by atoms with Crippen LogP contribution in [0.1, 0.15) is 61.4 Å². The van der Waals surface area contributed by atoms with Crippen LogP contribution in [0.3, 0.4) is 0 Å². The molecule has 26 heavy (non-hydrogen) atoms. The number of Topliss-reactive ketones (excluding diaryl/α,β-unsaturated/α-hetero) is 1. The van der Waals surface area contributed by atoms with Gasteiger partial charge in [0.15, 0.2) is 5.78 Å². The normalized spacial score (nSPS) is 15.1. The molecular formula is C21H32N2O3. The number of methoxy groups -OCH3 is 1. The Morgan fingerprint density at radius 1 is 1.23 bits per heavy atom. The first kappa shape index (κ1) is 20.4. The molecule has 1 amide bonds. The first-order valence-electron chi connectivity index (χ1n) is 9.66. The average Bonchev–Trinajstić information content (AvgIpc) is 2.65. The lowest BCUT2D eigenvalue weighted by atomic mass is 9.94. The van der Waals surface area contributed by atoms with Crippen LogP contribution in [-0.2, 0) is 11.2 Å². The lowest BCUT2D eigenvalue weighted by molar-refractivity contribution is -0.120. The summed E-state index contributed by atoms with van der Waals surface area (Å²) in [6, 6.07) is 5.93. The zero-order valence-electron chi connectivity index (χ0n) is 16.3. The van der Waals surface area contributed by atoms with Crippen LogP contribution in [0.5, 0.6) is 5.75 Å². The molecule has 1 N–H and O–H groups in total. The maximum atomic E-state index is 12.2. The second kappa shape index (κ2) is 10.3.